The highest BCUT2D eigenvalue weighted by Gasteiger charge is 2.44. The summed E-state index contributed by atoms with van der Waals surface area (Å²) in [6.07, 6.45) is 3.63. The zero-order chi connectivity index (χ0) is 19.7. The molecular weight excluding hydrogens is 368 g/mol. The molecule has 1 aliphatic carbocycles. The third-order valence-electron chi connectivity index (χ3n) is 5.67. The van der Waals surface area contributed by atoms with Crippen LogP contribution in [0.25, 0.3) is 0 Å². The number of fused-ring (bicyclic) bond motifs is 1. The van der Waals surface area contributed by atoms with E-state index in [9.17, 15) is 9.59 Å². The summed E-state index contributed by atoms with van der Waals surface area (Å²) in [5.74, 6) is 0.810. The minimum Gasteiger partial charge on any atom is -0.355 e. The molecule has 2 amide bonds. The molecule has 1 N–H and O–H groups in total. The number of hydrogen-bond donors (Lipinski definition) is 1. The molecule has 2 atom stereocenters. The first-order valence-corrected chi connectivity index (χ1v) is 11.1. The Kier molecular flexibility index (Phi) is 5.54. The number of nitrogens with zero attached hydrogens (tertiary/aromatic N) is 1. The van der Waals surface area contributed by atoms with E-state index < -0.39 is 0 Å². The van der Waals surface area contributed by atoms with Gasteiger partial charge in [-0.2, -0.15) is 0 Å². The van der Waals surface area contributed by atoms with Crippen LogP contribution in [-0.4, -0.2) is 29.8 Å². The molecule has 0 unspecified atom stereocenters. The van der Waals surface area contributed by atoms with Crippen LogP contribution in [0, 0.1) is 11.8 Å². The van der Waals surface area contributed by atoms with Crippen LogP contribution in [0.1, 0.15) is 65.9 Å². The molecule has 28 heavy (non-hydrogen) atoms. The highest BCUT2D eigenvalue weighted by Crippen LogP contribution is 2.44. The van der Waals surface area contributed by atoms with Gasteiger partial charge in [-0.25, -0.2) is 0 Å². The van der Waals surface area contributed by atoms with Crippen LogP contribution < -0.4 is 5.32 Å². The van der Waals surface area contributed by atoms with Gasteiger partial charge in [0, 0.05) is 23.5 Å². The maximum atomic E-state index is 13.4. The Bertz CT molecular complexity index is 842. The minimum atomic E-state index is -0.370. The molecular formula is C23H28N2O2S. The Morgan fingerprint density at radius 1 is 1.21 bits per heavy atom. The zero-order valence-corrected chi connectivity index (χ0v) is 17.4. The van der Waals surface area contributed by atoms with Crippen LogP contribution >= 0.6 is 11.3 Å². The fourth-order valence-corrected chi connectivity index (χ4v) is 5.04. The summed E-state index contributed by atoms with van der Waals surface area (Å²) in [5, 5.41) is 5.20. The van der Waals surface area contributed by atoms with Gasteiger partial charge in [0.1, 0.15) is 0 Å². The van der Waals surface area contributed by atoms with Crippen molar-refractivity contribution < 1.29 is 9.59 Å². The number of rotatable bonds is 7. The molecule has 1 fully saturated rings. The van der Waals surface area contributed by atoms with E-state index in [1.165, 1.54) is 12.8 Å². The van der Waals surface area contributed by atoms with Crippen LogP contribution in [0.15, 0.2) is 41.8 Å². The number of carbonyl (C=O) groups excluding carboxylic acids is 2. The number of hydrogen-bond acceptors (Lipinski definition) is 3. The van der Waals surface area contributed by atoms with E-state index in [4.69, 9.17) is 0 Å². The van der Waals surface area contributed by atoms with Crippen molar-refractivity contribution in [1.29, 1.82) is 0 Å². The van der Waals surface area contributed by atoms with E-state index in [1.54, 1.807) is 11.3 Å². The molecule has 1 aromatic carbocycles. The van der Waals surface area contributed by atoms with Gasteiger partial charge in [-0.05, 0) is 41.3 Å². The summed E-state index contributed by atoms with van der Waals surface area (Å²) < 4.78 is 0. The Morgan fingerprint density at radius 3 is 2.68 bits per heavy atom. The maximum absolute atomic E-state index is 13.4. The number of thiophene rings is 1. The van der Waals surface area contributed by atoms with Crippen LogP contribution in [0.2, 0.25) is 0 Å². The fourth-order valence-electron chi connectivity index (χ4n) is 4.16. The molecule has 5 heteroatoms. The van der Waals surface area contributed by atoms with Crippen molar-refractivity contribution in [2.45, 2.75) is 45.1 Å². The molecule has 0 radical (unpaired) electrons. The molecule has 0 spiro atoms. The molecule has 4 rings (SSSR count). The Balaban J connectivity index is 1.72. The van der Waals surface area contributed by atoms with Crippen molar-refractivity contribution in [3.05, 3.63) is 57.8 Å². The van der Waals surface area contributed by atoms with Crippen LogP contribution in [-0.2, 0) is 4.79 Å². The van der Waals surface area contributed by atoms with Gasteiger partial charge < -0.3 is 10.2 Å². The summed E-state index contributed by atoms with van der Waals surface area (Å²) in [4.78, 5) is 29.7. The molecule has 0 bridgehead atoms. The number of amides is 2. The molecule has 2 aliphatic rings. The first kappa shape index (κ1) is 19.2. The van der Waals surface area contributed by atoms with Crippen molar-refractivity contribution in [3.8, 4) is 0 Å². The van der Waals surface area contributed by atoms with Crippen LogP contribution in [0.5, 0.6) is 0 Å². The van der Waals surface area contributed by atoms with E-state index in [1.807, 2.05) is 46.7 Å². The normalized spacial score (nSPS) is 21.7. The van der Waals surface area contributed by atoms with Gasteiger partial charge in [0.05, 0.1) is 12.0 Å². The van der Waals surface area contributed by atoms with Crippen molar-refractivity contribution in [2.75, 3.05) is 13.1 Å². The highest BCUT2D eigenvalue weighted by molar-refractivity contribution is 7.10. The Hall–Kier alpha value is -2.14. The number of nitrogens with one attached hydrogen (secondary N) is 1. The van der Waals surface area contributed by atoms with E-state index in [-0.39, 0.29) is 23.8 Å². The summed E-state index contributed by atoms with van der Waals surface area (Å²) >= 11 is 1.62. The van der Waals surface area contributed by atoms with Crippen LogP contribution in [0.4, 0.5) is 0 Å². The molecule has 0 saturated heterocycles. The Labute approximate surface area is 170 Å². The average Bonchev–Trinajstić information content (AvgIpc) is 3.34. The second kappa shape index (κ2) is 8.08. The molecule has 1 aliphatic heterocycles. The van der Waals surface area contributed by atoms with Crippen molar-refractivity contribution in [3.63, 3.8) is 0 Å². The molecule has 1 saturated carbocycles. The zero-order valence-electron chi connectivity index (χ0n) is 16.6. The second-order valence-electron chi connectivity index (χ2n) is 8.40. The van der Waals surface area contributed by atoms with Crippen molar-refractivity contribution in [1.82, 2.24) is 10.2 Å². The predicted molar refractivity (Wildman–Crippen MR) is 112 cm³/mol. The van der Waals surface area contributed by atoms with E-state index >= 15 is 0 Å². The van der Waals surface area contributed by atoms with Crippen molar-refractivity contribution >= 4 is 23.2 Å². The molecule has 1 aromatic heterocycles. The SMILES string of the molecule is CC(C)CN1C(=O)c2ccccc2[C@H](C(=O)NCCC2CC2)[C@H]1c1cccs1. The summed E-state index contributed by atoms with van der Waals surface area (Å²) in [6, 6.07) is 11.4. The Morgan fingerprint density at radius 2 is 2.00 bits per heavy atom. The minimum absolute atomic E-state index is 0.0322. The van der Waals surface area contributed by atoms with Gasteiger partial charge >= 0.3 is 0 Å². The third kappa shape index (κ3) is 3.86. The lowest BCUT2D eigenvalue weighted by Crippen LogP contribution is -2.48. The highest BCUT2D eigenvalue weighted by atomic mass is 32.1. The summed E-state index contributed by atoms with van der Waals surface area (Å²) in [7, 11) is 0. The average molecular weight is 397 g/mol. The van der Waals surface area contributed by atoms with Gasteiger partial charge in [0.25, 0.3) is 5.91 Å². The first-order chi connectivity index (χ1) is 13.6. The van der Waals surface area contributed by atoms with Crippen LogP contribution in [0.3, 0.4) is 0 Å². The van der Waals surface area contributed by atoms with E-state index in [2.05, 4.69) is 19.2 Å². The quantitative estimate of drug-likeness (QED) is 0.743. The molecule has 4 nitrogen and oxygen atoms in total. The lowest BCUT2D eigenvalue weighted by molar-refractivity contribution is -0.124. The molecule has 2 heterocycles. The smallest absolute Gasteiger partial charge is 0.254 e. The third-order valence-corrected chi connectivity index (χ3v) is 6.61. The second-order valence-corrected chi connectivity index (χ2v) is 9.38. The standard InChI is InChI=1S/C23H28N2O2S/c1-15(2)14-25-21(19-8-5-13-28-19)20(22(26)24-12-11-16-9-10-16)17-6-3-4-7-18(17)23(25)27/h3-8,13,15-16,20-21H,9-12,14H2,1-2H3,(H,24,26)/t20-,21+/m0/s1. The summed E-state index contributed by atoms with van der Waals surface area (Å²) in [5.41, 5.74) is 1.52. The van der Waals surface area contributed by atoms with Gasteiger partial charge in [0.15, 0.2) is 0 Å². The van der Waals surface area contributed by atoms with Gasteiger partial charge in [-0.15, -0.1) is 11.3 Å². The van der Waals surface area contributed by atoms with Gasteiger partial charge in [-0.3, -0.25) is 9.59 Å². The monoisotopic (exact) mass is 396 g/mol. The van der Waals surface area contributed by atoms with E-state index in [0.717, 1.165) is 29.3 Å². The maximum Gasteiger partial charge on any atom is 0.254 e. The topological polar surface area (TPSA) is 49.4 Å². The fraction of sp³-hybridized carbons (Fsp3) is 0.478. The van der Waals surface area contributed by atoms with Crippen molar-refractivity contribution in [2.24, 2.45) is 11.8 Å². The number of benzene rings is 1. The van der Waals surface area contributed by atoms with E-state index in [0.29, 0.717) is 18.0 Å². The number of carbonyl (C=O) groups is 2. The predicted octanol–water partition coefficient (Wildman–Crippen LogP) is 4.60. The largest absolute Gasteiger partial charge is 0.355 e. The lowest BCUT2D eigenvalue weighted by atomic mass is 9.81. The molecule has 148 valence electrons. The first-order valence-electron chi connectivity index (χ1n) is 10.3. The van der Waals surface area contributed by atoms with Gasteiger partial charge in [-0.1, -0.05) is 51.0 Å². The van der Waals surface area contributed by atoms with Gasteiger partial charge in [0.2, 0.25) is 5.91 Å². The summed E-state index contributed by atoms with van der Waals surface area (Å²) in [6.45, 7) is 5.59. The molecule has 2 aromatic rings. The lowest BCUT2D eigenvalue weighted by Gasteiger charge is -2.42.